The summed E-state index contributed by atoms with van der Waals surface area (Å²) < 4.78 is 18.9. The van der Waals surface area contributed by atoms with E-state index in [4.69, 9.17) is 15.6 Å². The first-order chi connectivity index (χ1) is 8.08. The van der Waals surface area contributed by atoms with Crippen LogP contribution in [0.1, 0.15) is 30.0 Å². The number of benzene rings is 1. The van der Waals surface area contributed by atoms with Crippen molar-refractivity contribution in [3.63, 3.8) is 0 Å². The lowest BCUT2D eigenvalue weighted by Crippen LogP contribution is -2.14. The minimum absolute atomic E-state index is 0.0613. The van der Waals surface area contributed by atoms with Crippen molar-refractivity contribution in [2.24, 2.45) is 5.73 Å². The molecule has 4 nitrogen and oxygen atoms in total. The van der Waals surface area contributed by atoms with E-state index in [2.05, 4.69) is 0 Å². The zero-order valence-electron chi connectivity index (χ0n) is 9.28. The number of halogens is 1. The summed E-state index contributed by atoms with van der Waals surface area (Å²) in [4.78, 5) is 10.4. The van der Waals surface area contributed by atoms with Crippen LogP contribution in [0.2, 0.25) is 0 Å². The van der Waals surface area contributed by atoms with Crippen molar-refractivity contribution >= 4 is 5.97 Å². The Hall–Kier alpha value is -1.62. The molecule has 0 aromatic heterocycles. The first kappa shape index (κ1) is 11.9. The van der Waals surface area contributed by atoms with Crippen molar-refractivity contribution in [2.75, 3.05) is 6.61 Å². The molecule has 5 heteroatoms. The molecule has 0 aliphatic carbocycles. The molecule has 92 valence electrons. The SMILES string of the molecule is NC(CCC(=O)O)c1cc2c(cc1F)OCC2. The van der Waals surface area contributed by atoms with E-state index in [1.807, 2.05) is 0 Å². The lowest BCUT2D eigenvalue weighted by molar-refractivity contribution is -0.137. The van der Waals surface area contributed by atoms with Gasteiger partial charge in [0.15, 0.2) is 0 Å². The number of aliphatic carboxylic acids is 1. The summed E-state index contributed by atoms with van der Waals surface area (Å²) in [6.45, 7) is 0.558. The van der Waals surface area contributed by atoms with Gasteiger partial charge in [-0.1, -0.05) is 0 Å². The lowest BCUT2D eigenvalue weighted by atomic mass is 9.99. The van der Waals surface area contributed by atoms with Crippen molar-refractivity contribution in [3.05, 3.63) is 29.1 Å². The highest BCUT2D eigenvalue weighted by atomic mass is 19.1. The molecule has 0 radical (unpaired) electrons. The Bertz CT molecular complexity index is 448. The van der Waals surface area contributed by atoms with Crippen LogP contribution in [0.4, 0.5) is 4.39 Å². The van der Waals surface area contributed by atoms with Crippen LogP contribution in [0.5, 0.6) is 5.75 Å². The maximum absolute atomic E-state index is 13.7. The van der Waals surface area contributed by atoms with E-state index in [0.29, 0.717) is 17.9 Å². The highest BCUT2D eigenvalue weighted by molar-refractivity contribution is 5.66. The number of hydrogen-bond donors (Lipinski definition) is 2. The molecule has 1 aliphatic heterocycles. The van der Waals surface area contributed by atoms with Gasteiger partial charge >= 0.3 is 5.97 Å². The lowest BCUT2D eigenvalue weighted by Gasteiger charge is -2.13. The first-order valence-electron chi connectivity index (χ1n) is 5.50. The fraction of sp³-hybridized carbons (Fsp3) is 0.417. The second-order valence-electron chi connectivity index (χ2n) is 4.12. The Balaban J connectivity index is 2.17. The van der Waals surface area contributed by atoms with Crippen LogP contribution < -0.4 is 10.5 Å². The Labute approximate surface area is 98.2 Å². The normalized spacial score (nSPS) is 15.2. The molecule has 1 aliphatic rings. The number of hydrogen-bond acceptors (Lipinski definition) is 3. The van der Waals surface area contributed by atoms with Crippen LogP contribution in [-0.4, -0.2) is 17.7 Å². The summed E-state index contributed by atoms with van der Waals surface area (Å²) in [5.74, 6) is -0.787. The minimum Gasteiger partial charge on any atom is -0.493 e. The molecule has 0 saturated heterocycles. The van der Waals surface area contributed by atoms with Crippen molar-refractivity contribution < 1.29 is 19.0 Å². The van der Waals surface area contributed by atoms with Gasteiger partial charge < -0.3 is 15.6 Å². The molecule has 1 unspecified atom stereocenters. The number of nitrogens with two attached hydrogens (primary N) is 1. The van der Waals surface area contributed by atoms with Gasteiger partial charge in [-0.2, -0.15) is 0 Å². The zero-order chi connectivity index (χ0) is 12.4. The molecule has 0 saturated carbocycles. The Morgan fingerprint density at radius 2 is 2.35 bits per heavy atom. The quantitative estimate of drug-likeness (QED) is 0.837. The molecular formula is C12H14FNO3. The van der Waals surface area contributed by atoms with Crippen LogP contribution >= 0.6 is 0 Å². The van der Waals surface area contributed by atoms with E-state index >= 15 is 0 Å². The zero-order valence-corrected chi connectivity index (χ0v) is 9.28. The molecule has 1 atom stereocenters. The van der Waals surface area contributed by atoms with E-state index in [1.165, 1.54) is 6.07 Å². The van der Waals surface area contributed by atoms with E-state index in [0.717, 1.165) is 12.0 Å². The third-order valence-electron chi connectivity index (χ3n) is 2.88. The highest BCUT2D eigenvalue weighted by Crippen LogP contribution is 2.31. The number of carboxylic acids is 1. The minimum atomic E-state index is -0.926. The van der Waals surface area contributed by atoms with Gasteiger partial charge in [-0.15, -0.1) is 0 Å². The van der Waals surface area contributed by atoms with Gasteiger partial charge in [-0.3, -0.25) is 4.79 Å². The maximum atomic E-state index is 13.7. The maximum Gasteiger partial charge on any atom is 0.303 e. The summed E-state index contributed by atoms with van der Waals surface area (Å²) in [7, 11) is 0. The van der Waals surface area contributed by atoms with Crippen molar-refractivity contribution in [2.45, 2.75) is 25.3 Å². The van der Waals surface area contributed by atoms with Crippen LogP contribution in [0.3, 0.4) is 0 Å². The third kappa shape index (κ3) is 2.55. The summed E-state index contributed by atoms with van der Waals surface area (Å²) in [5, 5.41) is 8.56. The molecule has 3 N–H and O–H groups in total. The van der Waals surface area contributed by atoms with E-state index < -0.39 is 17.8 Å². The van der Waals surface area contributed by atoms with Gasteiger partial charge in [0, 0.05) is 30.5 Å². The molecule has 0 spiro atoms. The van der Waals surface area contributed by atoms with Crippen molar-refractivity contribution in [3.8, 4) is 5.75 Å². The average molecular weight is 239 g/mol. The van der Waals surface area contributed by atoms with Gasteiger partial charge in [0.25, 0.3) is 0 Å². The second kappa shape index (κ2) is 4.71. The van der Waals surface area contributed by atoms with E-state index in [-0.39, 0.29) is 12.8 Å². The third-order valence-corrected chi connectivity index (χ3v) is 2.88. The largest absolute Gasteiger partial charge is 0.493 e. The van der Waals surface area contributed by atoms with Gasteiger partial charge in [-0.25, -0.2) is 4.39 Å². The van der Waals surface area contributed by atoms with Gasteiger partial charge in [0.1, 0.15) is 11.6 Å². The first-order valence-corrected chi connectivity index (χ1v) is 5.50. The van der Waals surface area contributed by atoms with E-state index in [9.17, 15) is 9.18 Å². The standard InChI is InChI=1S/C12H14FNO3/c13-9-6-11-7(3-4-17-11)5-8(9)10(14)1-2-12(15)16/h5-6,10H,1-4,14H2,(H,15,16). The average Bonchev–Trinajstić information content (AvgIpc) is 2.71. The molecule has 0 bridgehead atoms. The number of carbonyl (C=O) groups is 1. The molecule has 0 fully saturated rings. The van der Waals surface area contributed by atoms with Crippen LogP contribution in [0.25, 0.3) is 0 Å². The fourth-order valence-electron chi connectivity index (χ4n) is 1.94. The van der Waals surface area contributed by atoms with Crippen LogP contribution in [0.15, 0.2) is 12.1 Å². The molecule has 1 aromatic carbocycles. The van der Waals surface area contributed by atoms with Gasteiger partial charge in [0.05, 0.1) is 6.61 Å². The Morgan fingerprint density at radius 1 is 1.59 bits per heavy atom. The van der Waals surface area contributed by atoms with Gasteiger partial charge in [0.2, 0.25) is 0 Å². The van der Waals surface area contributed by atoms with Crippen LogP contribution in [-0.2, 0) is 11.2 Å². The molecular weight excluding hydrogens is 225 g/mol. The molecule has 1 aromatic rings. The highest BCUT2D eigenvalue weighted by Gasteiger charge is 2.19. The second-order valence-corrected chi connectivity index (χ2v) is 4.12. The number of rotatable bonds is 4. The van der Waals surface area contributed by atoms with Crippen LogP contribution in [0, 0.1) is 5.82 Å². The molecule has 2 rings (SSSR count). The summed E-state index contributed by atoms with van der Waals surface area (Å²) in [6, 6.07) is 2.43. The summed E-state index contributed by atoms with van der Waals surface area (Å²) in [6.07, 6.45) is 0.911. The molecule has 0 amide bonds. The summed E-state index contributed by atoms with van der Waals surface area (Å²) in [5.41, 5.74) is 7.10. The van der Waals surface area contributed by atoms with Gasteiger partial charge in [-0.05, 0) is 18.1 Å². The number of fused-ring (bicyclic) bond motifs is 1. The Morgan fingerprint density at radius 3 is 3.06 bits per heavy atom. The smallest absolute Gasteiger partial charge is 0.303 e. The topological polar surface area (TPSA) is 72.6 Å². The number of carboxylic acid groups (broad SMARTS) is 1. The summed E-state index contributed by atoms with van der Waals surface area (Å²) >= 11 is 0. The van der Waals surface area contributed by atoms with Crippen molar-refractivity contribution in [1.29, 1.82) is 0 Å². The monoisotopic (exact) mass is 239 g/mol. The fourth-order valence-corrected chi connectivity index (χ4v) is 1.94. The van der Waals surface area contributed by atoms with Crippen molar-refractivity contribution in [1.82, 2.24) is 0 Å². The number of ether oxygens (including phenoxy) is 1. The predicted octanol–water partition coefficient (Wildman–Crippen LogP) is 1.63. The Kier molecular flexibility index (Phi) is 3.28. The predicted molar refractivity (Wildman–Crippen MR) is 59.4 cm³/mol. The van der Waals surface area contributed by atoms with E-state index in [1.54, 1.807) is 6.07 Å². The molecule has 1 heterocycles. The molecule has 17 heavy (non-hydrogen) atoms.